The lowest BCUT2D eigenvalue weighted by Crippen LogP contribution is -2.38. The van der Waals surface area contributed by atoms with Crippen LogP contribution in [0.1, 0.15) is 12.1 Å². The summed E-state index contributed by atoms with van der Waals surface area (Å²) in [5, 5.41) is 23.7. The van der Waals surface area contributed by atoms with E-state index in [0.29, 0.717) is 17.7 Å². The largest absolute Gasteiger partial charge is 0.494 e. The van der Waals surface area contributed by atoms with Gasteiger partial charge in [0.25, 0.3) is 0 Å². The molecule has 0 aliphatic carbocycles. The van der Waals surface area contributed by atoms with Gasteiger partial charge in [0.1, 0.15) is 0 Å². The predicted molar refractivity (Wildman–Crippen MR) is 91.8 cm³/mol. The second-order valence-electron chi connectivity index (χ2n) is 5.66. The summed E-state index contributed by atoms with van der Waals surface area (Å²) in [6, 6.07) is 3.14. The van der Waals surface area contributed by atoms with Crippen LogP contribution < -0.4 is 4.74 Å². The quantitative estimate of drug-likeness (QED) is 0.667. The van der Waals surface area contributed by atoms with Crippen molar-refractivity contribution in [3.63, 3.8) is 0 Å². The number of halogens is 1. The van der Waals surface area contributed by atoms with Crippen molar-refractivity contribution in [2.24, 2.45) is 0 Å². The molecule has 2 heterocycles. The number of ether oxygens (including phenoxy) is 1. The number of hydrogen-bond acceptors (Lipinski definition) is 5. The lowest BCUT2D eigenvalue weighted by molar-refractivity contribution is -0.134. The van der Waals surface area contributed by atoms with Gasteiger partial charge in [-0.05, 0) is 25.6 Å². The monoisotopic (exact) mass is 365 g/mol. The first-order chi connectivity index (χ1) is 12.4. The van der Waals surface area contributed by atoms with Crippen molar-refractivity contribution in [3.05, 3.63) is 35.8 Å². The third-order valence-corrected chi connectivity index (χ3v) is 3.90. The standard InChI is InChI=1S/C13H16FN3O.C4H4O4/c1-18-13-7-9-11(3-6-17-4-2-5-17)15-16-12(9)8-10(13)14;5-3(6)1-2-4(7)8/h7-8H,2-6H2,1H3,(H,15,16);1-2H,(H,5,6)(H,7,8)/b;2-1+. The van der Waals surface area contributed by atoms with E-state index in [2.05, 4.69) is 15.1 Å². The van der Waals surface area contributed by atoms with E-state index in [0.717, 1.165) is 24.0 Å². The summed E-state index contributed by atoms with van der Waals surface area (Å²) >= 11 is 0. The van der Waals surface area contributed by atoms with E-state index < -0.39 is 11.9 Å². The van der Waals surface area contributed by atoms with E-state index in [1.807, 2.05) is 0 Å². The van der Waals surface area contributed by atoms with Gasteiger partial charge in [-0.15, -0.1) is 0 Å². The van der Waals surface area contributed by atoms with Gasteiger partial charge in [0.05, 0.1) is 12.6 Å². The van der Waals surface area contributed by atoms with E-state index in [9.17, 15) is 14.0 Å². The maximum Gasteiger partial charge on any atom is 0.328 e. The third kappa shape index (κ3) is 5.28. The van der Waals surface area contributed by atoms with E-state index >= 15 is 0 Å². The Labute approximate surface area is 148 Å². The molecule has 0 saturated carbocycles. The molecule has 9 heteroatoms. The van der Waals surface area contributed by atoms with Crippen LogP contribution >= 0.6 is 0 Å². The molecule has 1 aliphatic heterocycles. The van der Waals surface area contributed by atoms with Crippen LogP contribution in [0.25, 0.3) is 10.9 Å². The number of hydrogen-bond donors (Lipinski definition) is 3. The Balaban J connectivity index is 0.000000260. The SMILES string of the molecule is COc1cc2c(CCN3CCC3)[nH]nc2cc1F.O=C(O)/C=C/C(=O)O. The second-order valence-corrected chi connectivity index (χ2v) is 5.66. The van der Waals surface area contributed by atoms with E-state index in [-0.39, 0.29) is 11.6 Å². The molecule has 0 amide bonds. The summed E-state index contributed by atoms with van der Waals surface area (Å²) in [7, 11) is 1.48. The number of carboxylic acid groups (broad SMARTS) is 2. The zero-order valence-corrected chi connectivity index (χ0v) is 14.2. The van der Waals surface area contributed by atoms with Crippen LogP contribution in [-0.2, 0) is 16.0 Å². The van der Waals surface area contributed by atoms with Gasteiger partial charge in [0, 0.05) is 42.3 Å². The number of fused-ring (bicyclic) bond motifs is 1. The molecule has 0 unspecified atom stereocenters. The fourth-order valence-corrected chi connectivity index (χ4v) is 2.43. The van der Waals surface area contributed by atoms with Crippen LogP contribution in [0.15, 0.2) is 24.3 Å². The smallest absolute Gasteiger partial charge is 0.328 e. The normalized spacial score (nSPS) is 13.9. The fourth-order valence-electron chi connectivity index (χ4n) is 2.43. The number of aliphatic carboxylic acids is 2. The van der Waals surface area contributed by atoms with Gasteiger partial charge in [-0.25, -0.2) is 14.0 Å². The number of nitrogens with one attached hydrogen (secondary N) is 1. The van der Waals surface area contributed by atoms with Crippen LogP contribution in [0.2, 0.25) is 0 Å². The Kier molecular flexibility index (Phi) is 6.67. The summed E-state index contributed by atoms with van der Waals surface area (Å²) < 4.78 is 18.5. The van der Waals surface area contributed by atoms with Crippen LogP contribution in [0.3, 0.4) is 0 Å². The zero-order valence-electron chi connectivity index (χ0n) is 14.2. The van der Waals surface area contributed by atoms with Crippen LogP contribution in [0, 0.1) is 5.82 Å². The highest BCUT2D eigenvalue weighted by molar-refractivity contribution is 5.89. The molecule has 0 atom stereocenters. The number of nitrogens with zero attached hydrogens (tertiary/aromatic N) is 2. The Morgan fingerprint density at radius 2 is 1.96 bits per heavy atom. The Morgan fingerprint density at radius 1 is 1.31 bits per heavy atom. The van der Waals surface area contributed by atoms with Crippen molar-refractivity contribution in [3.8, 4) is 5.75 Å². The molecule has 3 N–H and O–H groups in total. The number of aromatic amines is 1. The number of methoxy groups -OCH3 is 1. The number of carboxylic acids is 2. The number of aromatic nitrogens is 2. The molecule has 0 bridgehead atoms. The summed E-state index contributed by atoms with van der Waals surface area (Å²) in [5.41, 5.74) is 1.71. The van der Waals surface area contributed by atoms with E-state index in [1.54, 1.807) is 6.07 Å². The van der Waals surface area contributed by atoms with Crippen LogP contribution in [0.4, 0.5) is 4.39 Å². The molecule has 0 radical (unpaired) electrons. The second kappa shape index (κ2) is 8.95. The fraction of sp³-hybridized carbons (Fsp3) is 0.353. The predicted octanol–water partition coefficient (Wildman–Crippen LogP) is 1.67. The number of H-pyrrole nitrogens is 1. The lowest BCUT2D eigenvalue weighted by atomic mass is 10.1. The highest BCUT2D eigenvalue weighted by Gasteiger charge is 2.15. The van der Waals surface area contributed by atoms with Crippen LogP contribution in [0.5, 0.6) is 5.75 Å². The molecule has 1 saturated heterocycles. The first kappa shape index (κ1) is 19.4. The lowest BCUT2D eigenvalue weighted by Gasteiger charge is -2.30. The van der Waals surface area contributed by atoms with Gasteiger partial charge >= 0.3 is 11.9 Å². The van der Waals surface area contributed by atoms with Crippen molar-refractivity contribution < 1.29 is 28.9 Å². The van der Waals surface area contributed by atoms with Crippen molar-refractivity contribution in [1.82, 2.24) is 15.1 Å². The number of rotatable bonds is 6. The molecule has 1 aliphatic rings. The van der Waals surface area contributed by atoms with Crippen molar-refractivity contribution in [2.45, 2.75) is 12.8 Å². The maximum absolute atomic E-state index is 13.5. The zero-order chi connectivity index (χ0) is 19.1. The minimum absolute atomic E-state index is 0.272. The summed E-state index contributed by atoms with van der Waals surface area (Å²) in [6.45, 7) is 3.39. The molecular formula is C17H20FN3O5. The molecule has 140 valence electrons. The number of carbonyl (C=O) groups is 2. The molecule has 1 aromatic carbocycles. The molecule has 1 aromatic heterocycles. The average molecular weight is 365 g/mol. The average Bonchev–Trinajstić information content (AvgIpc) is 2.93. The minimum atomic E-state index is -1.26. The first-order valence-corrected chi connectivity index (χ1v) is 7.97. The van der Waals surface area contributed by atoms with E-state index in [1.165, 1.54) is 32.7 Å². The molecule has 1 fully saturated rings. The molecule has 3 rings (SSSR count). The number of benzene rings is 1. The Morgan fingerprint density at radius 3 is 2.46 bits per heavy atom. The van der Waals surface area contributed by atoms with Crippen molar-refractivity contribution in [1.29, 1.82) is 0 Å². The van der Waals surface area contributed by atoms with Gasteiger partial charge < -0.3 is 19.8 Å². The molecule has 8 nitrogen and oxygen atoms in total. The highest BCUT2D eigenvalue weighted by Crippen LogP contribution is 2.26. The molecule has 0 spiro atoms. The number of likely N-dealkylation sites (tertiary alicyclic amines) is 1. The van der Waals surface area contributed by atoms with Gasteiger partial charge in [-0.2, -0.15) is 5.10 Å². The minimum Gasteiger partial charge on any atom is -0.494 e. The van der Waals surface area contributed by atoms with E-state index in [4.69, 9.17) is 14.9 Å². The first-order valence-electron chi connectivity index (χ1n) is 7.97. The maximum atomic E-state index is 13.5. The summed E-state index contributed by atoms with van der Waals surface area (Å²) in [6.07, 6.45) is 3.32. The van der Waals surface area contributed by atoms with Crippen molar-refractivity contribution in [2.75, 3.05) is 26.7 Å². The highest BCUT2D eigenvalue weighted by atomic mass is 19.1. The Bertz CT molecular complexity index is 798. The van der Waals surface area contributed by atoms with Crippen LogP contribution in [-0.4, -0.2) is 64.0 Å². The van der Waals surface area contributed by atoms with Gasteiger partial charge in [0.2, 0.25) is 0 Å². The third-order valence-electron chi connectivity index (χ3n) is 3.90. The van der Waals surface area contributed by atoms with Crippen molar-refractivity contribution >= 4 is 22.8 Å². The topological polar surface area (TPSA) is 116 Å². The Hall–Kier alpha value is -2.94. The molecule has 26 heavy (non-hydrogen) atoms. The summed E-state index contributed by atoms with van der Waals surface area (Å²) in [4.78, 5) is 21.5. The van der Waals surface area contributed by atoms with Gasteiger partial charge in [-0.1, -0.05) is 0 Å². The molecule has 2 aromatic rings. The van der Waals surface area contributed by atoms with Gasteiger partial charge in [0.15, 0.2) is 11.6 Å². The molecular weight excluding hydrogens is 345 g/mol. The van der Waals surface area contributed by atoms with Gasteiger partial charge in [-0.3, -0.25) is 5.10 Å². The summed E-state index contributed by atoms with van der Waals surface area (Å²) in [5.74, 6) is -2.61.